The van der Waals surface area contributed by atoms with Gasteiger partial charge in [-0.15, -0.1) is 5.10 Å². The first-order chi connectivity index (χ1) is 7.69. The van der Waals surface area contributed by atoms with Crippen molar-refractivity contribution in [1.82, 2.24) is 10.2 Å². The number of aliphatic hydroxyl groups is 1. The van der Waals surface area contributed by atoms with Crippen LogP contribution >= 0.6 is 27.3 Å². The SMILES string of the molecule is OCc1nnc(Oc2cc(Br)ccc2F)s1. The predicted molar refractivity (Wildman–Crippen MR) is 60.0 cm³/mol. The summed E-state index contributed by atoms with van der Waals surface area (Å²) in [5.74, 6) is -0.418. The van der Waals surface area contributed by atoms with E-state index in [1.807, 2.05) is 0 Å². The molecule has 1 N–H and O–H groups in total. The van der Waals surface area contributed by atoms with Crippen LogP contribution in [0.25, 0.3) is 0 Å². The monoisotopic (exact) mass is 304 g/mol. The van der Waals surface area contributed by atoms with Crippen LogP contribution in [0.5, 0.6) is 10.9 Å². The highest BCUT2D eigenvalue weighted by Crippen LogP contribution is 2.29. The molecule has 0 saturated carbocycles. The summed E-state index contributed by atoms with van der Waals surface area (Å²) in [5, 5.41) is 16.7. The zero-order valence-corrected chi connectivity index (χ0v) is 10.3. The number of halogens is 2. The number of aliphatic hydroxyl groups excluding tert-OH is 1. The molecule has 0 unspecified atom stereocenters. The molecule has 1 heterocycles. The van der Waals surface area contributed by atoms with Crippen LogP contribution in [0.3, 0.4) is 0 Å². The minimum Gasteiger partial charge on any atom is -0.427 e. The number of aromatic nitrogens is 2. The third-order valence-electron chi connectivity index (χ3n) is 1.67. The normalized spacial score (nSPS) is 10.4. The second-order valence-electron chi connectivity index (χ2n) is 2.80. The standard InChI is InChI=1S/C9H6BrFN2O2S/c10-5-1-2-6(11)7(3-5)15-9-13-12-8(4-14)16-9/h1-3,14H,4H2. The molecule has 0 saturated heterocycles. The Hall–Kier alpha value is -1.05. The van der Waals surface area contributed by atoms with Crippen molar-refractivity contribution in [3.8, 4) is 10.9 Å². The Balaban J connectivity index is 2.22. The van der Waals surface area contributed by atoms with Crippen molar-refractivity contribution < 1.29 is 14.2 Å². The van der Waals surface area contributed by atoms with Crippen molar-refractivity contribution in [2.24, 2.45) is 0 Å². The molecule has 2 aromatic rings. The highest BCUT2D eigenvalue weighted by molar-refractivity contribution is 9.10. The summed E-state index contributed by atoms with van der Waals surface area (Å²) >= 11 is 4.28. The van der Waals surface area contributed by atoms with E-state index in [1.54, 1.807) is 6.07 Å². The molecule has 7 heteroatoms. The zero-order chi connectivity index (χ0) is 11.5. The molecule has 0 atom stereocenters. The van der Waals surface area contributed by atoms with Gasteiger partial charge in [0.2, 0.25) is 0 Å². The molecule has 1 aromatic carbocycles. The minimum atomic E-state index is -0.482. The molecule has 16 heavy (non-hydrogen) atoms. The lowest BCUT2D eigenvalue weighted by Crippen LogP contribution is -1.87. The first-order valence-electron chi connectivity index (χ1n) is 4.25. The number of hydrogen-bond acceptors (Lipinski definition) is 5. The quantitative estimate of drug-likeness (QED) is 0.947. The zero-order valence-electron chi connectivity index (χ0n) is 7.85. The van der Waals surface area contributed by atoms with E-state index in [2.05, 4.69) is 26.1 Å². The molecule has 1 aromatic heterocycles. The Labute approximate surface area is 103 Å². The molecular formula is C9H6BrFN2O2S. The lowest BCUT2D eigenvalue weighted by atomic mass is 10.3. The van der Waals surface area contributed by atoms with E-state index in [0.717, 1.165) is 11.3 Å². The van der Waals surface area contributed by atoms with E-state index >= 15 is 0 Å². The van der Waals surface area contributed by atoms with E-state index < -0.39 is 5.82 Å². The smallest absolute Gasteiger partial charge is 0.299 e. The van der Waals surface area contributed by atoms with Crippen molar-refractivity contribution in [2.75, 3.05) is 0 Å². The van der Waals surface area contributed by atoms with E-state index in [-0.39, 0.29) is 17.6 Å². The van der Waals surface area contributed by atoms with E-state index in [4.69, 9.17) is 9.84 Å². The summed E-state index contributed by atoms with van der Waals surface area (Å²) in [7, 11) is 0. The summed E-state index contributed by atoms with van der Waals surface area (Å²) in [4.78, 5) is 0. The Bertz CT molecular complexity index is 506. The fourth-order valence-electron chi connectivity index (χ4n) is 0.993. The van der Waals surface area contributed by atoms with E-state index in [1.165, 1.54) is 12.1 Å². The minimum absolute atomic E-state index is 0.0648. The molecule has 0 amide bonds. The average molecular weight is 305 g/mol. The van der Waals surface area contributed by atoms with Gasteiger partial charge in [-0.3, -0.25) is 0 Å². The van der Waals surface area contributed by atoms with Crippen LogP contribution in [-0.4, -0.2) is 15.3 Å². The molecule has 0 aliphatic rings. The molecule has 0 bridgehead atoms. The fraction of sp³-hybridized carbons (Fsp3) is 0.111. The number of rotatable bonds is 3. The lowest BCUT2D eigenvalue weighted by Gasteiger charge is -2.02. The average Bonchev–Trinajstić information content (AvgIpc) is 2.71. The molecule has 0 radical (unpaired) electrons. The topological polar surface area (TPSA) is 55.2 Å². The Morgan fingerprint density at radius 3 is 2.94 bits per heavy atom. The van der Waals surface area contributed by atoms with Gasteiger partial charge in [-0.2, -0.15) is 0 Å². The van der Waals surface area contributed by atoms with Gasteiger partial charge >= 0.3 is 0 Å². The van der Waals surface area contributed by atoms with Gasteiger partial charge in [0.05, 0.1) is 6.61 Å². The third-order valence-corrected chi connectivity index (χ3v) is 2.95. The molecule has 0 aliphatic carbocycles. The van der Waals surface area contributed by atoms with Crippen molar-refractivity contribution in [3.63, 3.8) is 0 Å². The first kappa shape index (κ1) is 11.4. The number of ether oxygens (including phenoxy) is 1. The number of hydrogen-bond donors (Lipinski definition) is 1. The summed E-state index contributed by atoms with van der Waals surface area (Å²) in [6.07, 6.45) is 0. The molecule has 0 spiro atoms. The molecule has 4 nitrogen and oxygen atoms in total. The van der Waals surface area contributed by atoms with Crippen LogP contribution in [-0.2, 0) is 6.61 Å². The van der Waals surface area contributed by atoms with Crippen molar-refractivity contribution in [1.29, 1.82) is 0 Å². The van der Waals surface area contributed by atoms with Gasteiger partial charge < -0.3 is 9.84 Å². The second-order valence-corrected chi connectivity index (χ2v) is 4.74. The molecule has 0 aliphatic heterocycles. The van der Waals surface area contributed by atoms with Gasteiger partial charge in [-0.1, -0.05) is 32.4 Å². The third kappa shape index (κ3) is 2.55. The maximum atomic E-state index is 13.3. The summed E-state index contributed by atoms with van der Waals surface area (Å²) < 4.78 is 19.2. The maximum absolute atomic E-state index is 13.3. The van der Waals surface area contributed by atoms with E-state index in [9.17, 15) is 4.39 Å². The van der Waals surface area contributed by atoms with Crippen molar-refractivity contribution in [3.05, 3.63) is 33.5 Å². The Morgan fingerprint density at radius 1 is 1.44 bits per heavy atom. The van der Waals surface area contributed by atoms with E-state index in [0.29, 0.717) is 9.48 Å². The summed E-state index contributed by atoms with van der Waals surface area (Å²) in [5.41, 5.74) is 0. The lowest BCUT2D eigenvalue weighted by molar-refractivity contribution is 0.280. The van der Waals surface area contributed by atoms with Gasteiger partial charge in [0.15, 0.2) is 11.6 Å². The number of benzene rings is 1. The van der Waals surface area contributed by atoms with Gasteiger partial charge in [-0.05, 0) is 18.2 Å². The summed E-state index contributed by atoms with van der Waals surface area (Å²) in [6.45, 7) is -0.206. The van der Waals surface area contributed by atoms with Gasteiger partial charge in [0, 0.05) is 4.47 Å². The van der Waals surface area contributed by atoms with Crippen LogP contribution in [0.4, 0.5) is 4.39 Å². The first-order valence-corrected chi connectivity index (χ1v) is 5.86. The molecule has 2 rings (SSSR count). The molecule has 0 fully saturated rings. The van der Waals surface area contributed by atoms with Gasteiger partial charge in [0.25, 0.3) is 5.19 Å². The highest BCUT2D eigenvalue weighted by atomic mass is 79.9. The van der Waals surface area contributed by atoms with Crippen LogP contribution in [0.2, 0.25) is 0 Å². The van der Waals surface area contributed by atoms with Crippen LogP contribution in [0.15, 0.2) is 22.7 Å². The molecular weight excluding hydrogens is 299 g/mol. The fourth-order valence-corrected chi connectivity index (χ4v) is 1.89. The number of nitrogens with zero attached hydrogens (tertiary/aromatic N) is 2. The highest BCUT2D eigenvalue weighted by Gasteiger charge is 2.09. The summed E-state index contributed by atoms with van der Waals surface area (Å²) in [6, 6.07) is 4.35. The van der Waals surface area contributed by atoms with Crippen molar-refractivity contribution in [2.45, 2.75) is 6.61 Å². The second kappa shape index (κ2) is 4.86. The maximum Gasteiger partial charge on any atom is 0.299 e. The van der Waals surface area contributed by atoms with Crippen molar-refractivity contribution >= 4 is 27.3 Å². The Kier molecular flexibility index (Phi) is 3.47. The van der Waals surface area contributed by atoms with Gasteiger partial charge in [-0.25, -0.2) is 4.39 Å². The Morgan fingerprint density at radius 2 is 2.25 bits per heavy atom. The van der Waals surface area contributed by atoms with Crippen LogP contribution in [0.1, 0.15) is 5.01 Å². The molecule has 84 valence electrons. The van der Waals surface area contributed by atoms with Gasteiger partial charge in [0.1, 0.15) is 5.01 Å². The predicted octanol–water partition coefficient (Wildman–Crippen LogP) is 2.72. The van der Waals surface area contributed by atoms with Crippen LogP contribution in [0, 0.1) is 5.82 Å². The largest absolute Gasteiger partial charge is 0.427 e. The van der Waals surface area contributed by atoms with Crippen LogP contribution < -0.4 is 4.74 Å².